The monoisotopic (exact) mass is 551 g/mol. The van der Waals surface area contributed by atoms with E-state index in [1.165, 1.54) is 13.0 Å². The van der Waals surface area contributed by atoms with Crippen LogP contribution in [0.4, 0.5) is 32.0 Å². The van der Waals surface area contributed by atoms with Gasteiger partial charge in [-0.2, -0.15) is 13.2 Å². The van der Waals surface area contributed by atoms with Gasteiger partial charge in [0.2, 0.25) is 0 Å². The molecular weight excluding hydrogens is 528 g/mol. The van der Waals surface area contributed by atoms with Crippen LogP contribution in [0.1, 0.15) is 64.5 Å². The lowest BCUT2D eigenvalue weighted by Gasteiger charge is -2.19. The van der Waals surface area contributed by atoms with E-state index in [4.69, 9.17) is 9.84 Å². The first-order valence-corrected chi connectivity index (χ1v) is 11.9. The normalized spacial score (nSPS) is 15.0. The molecule has 39 heavy (non-hydrogen) atoms. The van der Waals surface area contributed by atoms with Crippen LogP contribution in [0.15, 0.2) is 48.5 Å². The Morgan fingerprint density at radius 3 is 2.31 bits per heavy atom. The first kappa shape index (κ1) is 28.0. The van der Waals surface area contributed by atoms with E-state index in [-0.39, 0.29) is 28.7 Å². The lowest BCUT2D eigenvalue weighted by Crippen LogP contribution is -2.18. The van der Waals surface area contributed by atoms with Crippen molar-refractivity contribution in [1.82, 2.24) is 0 Å². The second-order valence-corrected chi connectivity index (χ2v) is 9.44. The Hall–Kier alpha value is -4.02. The molecule has 11 heteroatoms. The summed E-state index contributed by atoms with van der Waals surface area (Å²) in [4.78, 5) is 24.4. The summed E-state index contributed by atoms with van der Waals surface area (Å²) in [5.41, 5.74) is -2.06. The Morgan fingerprint density at radius 1 is 1.03 bits per heavy atom. The Morgan fingerprint density at radius 2 is 1.72 bits per heavy atom. The highest BCUT2D eigenvalue weighted by atomic mass is 19.4. The Kier molecular flexibility index (Phi) is 7.63. The van der Waals surface area contributed by atoms with Gasteiger partial charge in [-0.3, -0.25) is 9.59 Å². The average molecular weight is 551 g/mol. The number of alkyl halides is 4. The molecule has 1 aliphatic rings. The molecule has 2 atom stereocenters. The minimum Gasteiger partial charge on any atom is -0.481 e. The molecule has 0 spiro atoms. The first-order chi connectivity index (χ1) is 18.3. The second kappa shape index (κ2) is 10.6. The van der Waals surface area contributed by atoms with Gasteiger partial charge in [0, 0.05) is 11.3 Å². The van der Waals surface area contributed by atoms with Gasteiger partial charge in [0.25, 0.3) is 5.91 Å². The summed E-state index contributed by atoms with van der Waals surface area (Å²) in [7, 11) is 0. The summed E-state index contributed by atoms with van der Waals surface area (Å²) >= 11 is 0. The zero-order chi connectivity index (χ0) is 28.6. The van der Waals surface area contributed by atoms with Gasteiger partial charge in [0.05, 0.1) is 17.0 Å². The van der Waals surface area contributed by atoms with Crippen molar-refractivity contribution in [2.45, 2.75) is 45.0 Å². The number of carbonyl (C=O) groups is 2. The highest BCUT2D eigenvalue weighted by molar-refractivity contribution is 6.06. The van der Waals surface area contributed by atoms with E-state index in [1.807, 2.05) is 0 Å². The van der Waals surface area contributed by atoms with Crippen molar-refractivity contribution in [3.05, 3.63) is 88.0 Å². The van der Waals surface area contributed by atoms with E-state index < -0.39 is 58.5 Å². The molecule has 0 radical (unpaired) electrons. The van der Waals surface area contributed by atoms with E-state index >= 15 is 0 Å². The molecule has 0 saturated heterocycles. The van der Waals surface area contributed by atoms with Gasteiger partial charge in [0.15, 0.2) is 0 Å². The van der Waals surface area contributed by atoms with Crippen LogP contribution in [-0.4, -0.2) is 17.0 Å². The molecule has 1 amide bonds. The molecule has 206 valence electrons. The molecule has 1 fully saturated rings. The smallest absolute Gasteiger partial charge is 0.416 e. The summed E-state index contributed by atoms with van der Waals surface area (Å²) in [5, 5.41) is 11.4. The maximum atomic E-state index is 14.7. The molecular formula is C28H23F6NO4. The number of aryl methyl sites for hydroxylation is 1. The number of rotatable bonds is 8. The minimum absolute atomic E-state index is 0.0409. The molecule has 1 saturated carbocycles. The van der Waals surface area contributed by atoms with E-state index in [0.29, 0.717) is 24.5 Å². The number of anilines is 1. The van der Waals surface area contributed by atoms with Crippen LogP contribution in [0.2, 0.25) is 0 Å². The van der Waals surface area contributed by atoms with E-state index in [9.17, 15) is 35.9 Å². The number of halogens is 6. The molecule has 3 aromatic rings. The zero-order valence-corrected chi connectivity index (χ0v) is 20.7. The van der Waals surface area contributed by atoms with Crippen LogP contribution in [0.5, 0.6) is 11.5 Å². The van der Waals surface area contributed by atoms with Crippen molar-refractivity contribution in [2.24, 2.45) is 5.92 Å². The summed E-state index contributed by atoms with van der Waals surface area (Å²) < 4.78 is 90.2. The van der Waals surface area contributed by atoms with Crippen LogP contribution in [0, 0.1) is 24.5 Å². The largest absolute Gasteiger partial charge is 0.481 e. The third kappa shape index (κ3) is 6.18. The van der Waals surface area contributed by atoms with E-state index in [0.717, 1.165) is 43.3 Å². The van der Waals surface area contributed by atoms with Crippen LogP contribution >= 0.6 is 0 Å². The fourth-order valence-corrected chi connectivity index (χ4v) is 4.11. The lowest BCUT2D eigenvalue weighted by atomic mass is 9.97. The summed E-state index contributed by atoms with van der Waals surface area (Å²) in [5.74, 6) is -6.28. The van der Waals surface area contributed by atoms with E-state index in [2.05, 4.69) is 5.32 Å². The topological polar surface area (TPSA) is 75.6 Å². The van der Waals surface area contributed by atoms with Crippen LogP contribution in [0.25, 0.3) is 0 Å². The van der Waals surface area contributed by atoms with Crippen molar-refractivity contribution in [3.63, 3.8) is 0 Å². The van der Waals surface area contributed by atoms with Gasteiger partial charge in [-0.25, -0.2) is 13.2 Å². The molecule has 4 rings (SSSR count). The van der Waals surface area contributed by atoms with Gasteiger partial charge < -0.3 is 15.2 Å². The SMILES string of the molecule is Cc1cc(F)ccc1Oc1cc(C2CC2)c(C(F)(F)F)cc1C(=O)Nc1ccc(F)c(C(F)C(C)C(=O)O)c1. The maximum Gasteiger partial charge on any atom is 0.416 e. The number of nitrogens with one attached hydrogen (secondary N) is 1. The quantitative estimate of drug-likeness (QED) is 0.279. The summed E-state index contributed by atoms with van der Waals surface area (Å²) in [6.45, 7) is 2.56. The number of ether oxygens (including phenoxy) is 1. The molecule has 1 aliphatic carbocycles. The standard InChI is InChI=1S/C28H23F6NO4/c1-13-9-16(29)5-8-23(13)39-24-12-18(15-3-4-15)21(28(32,33)34)11-20(24)26(36)35-17-6-7-22(30)19(10-17)25(31)14(2)27(37)38/h5-12,14-15,25H,3-4H2,1-2H3,(H,35,36)(H,37,38). The number of hydrogen-bond donors (Lipinski definition) is 2. The van der Waals surface area contributed by atoms with E-state index in [1.54, 1.807) is 0 Å². The molecule has 3 aromatic carbocycles. The number of benzene rings is 3. The van der Waals surface area contributed by atoms with Crippen molar-refractivity contribution in [1.29, 1.82) is 0 Å². The molecule has 0 heterocycles. The number of aliphatic carboxylic acids is 1. The van der Waals surface area contributed by atoms with Gasteiger partial charge in [-0.1, -0.05) is 0 Å². The highest BCUT2D eigenvalue weighted by Gasteiger charge is 2.40. The van der Waals surface area contributed by atoms with Crippen molar-refractivity contribution in [3.8, 4) is 11.5 Å². The first-order valence-electron chi connectivity index (χ1n) is 11.9. The summed E-state index contributed by atoms with van der Waals surface area (Å²) in [6, 6.07) is 8.08. The fourth-order valence-electron chi connectivity index (χ4n) is 4.11. The van der Waals surface area contributed by atoms with Crippen molar-refractivity contribution >= 4 is 17.6 Å². The van der Waals surface area contributed by atoms with Crippen molar-refractivity contribution in [2.75, 3.05) is 5.32 Å². The summed E-state index contributed by atoms with van der Waals surface area (Å²) in [6.07, 6.45) is -5.98. The van der Waals surface area contributed by atoms with Gasteiger partial charge in [-0.15, -0.1) is 0 Å². The second-order valence-electron chi connectivity index (χ2n) is 9.44. The molecule has 2 unspecified atom stereocenters. The molecule has 0 aromatic heterocycles. The highest BCUT2D eigenvalue weighted by Crippen LogP contribution is 2.48. The van der Waals surface area contributed by atoms with Crippen LogP contribution in [0.3, 0.4) is 0 Å². The van der Waals surface area contributed by atoms with Crippen LogP contribution in [-0.2, 0) is 11.0 Å². The Bertz CT molecular complexity index is 1430. The number of amides is 1. The van der Waals surface area contributed by atoms with Crippen molar-refractivity contribution < 1.29 is 45.8 Å². The maximum absolute atomic E-state index is 14.7. The van der Waals surface area contributed by atoms with Gasteiger partial charge >= 0.3 is 12.1 Å². The predicted octanol–water partition coefficient (Wildman–Crippen LogP) is 7.95. The third-order valence-electron chi connectivity index (χ3n) is 6.46. The van der Waals surface area contributed by atoms with Crippen LogP contribution < -0.4 is 10.1 Å². The Balaban J connectivity index is 1.76. The number of carbonyl (C=O) groups excluding carboxylic acids is 1. The zero-order valence-electron chi connectivity index (χ0n) is 20.7. The number of hydrogen-bond acceptors (Lipinski definition) is 3. The Labute approximate surface area is 219 Å². The number of carboxylic acids is 1. The van der Waals surface area contributed by atoms with Gasteiger partial charge in [-0.05, 0) is 92.3 Å². The molecule has 0 bridgehead atoms. The lowest BCUT2D eigenvalue weighted by molar-refractivity contribution is -0.143. The third-order valence-corrected chi connectivity index (χ3v) is 6.46. The molecule has 0 aliphatic heterocycles. The fraction of sp³-hybridized carbons (Fsp3) is 0.286. The van der Waals surface area contributed by atoms with Gasteiger partial charge in [0.1, 0.15) is 29.3 Å². The average Bonchev–Trinajstić information content (AvgIpc) is 3.70. The predicted molar refractivity (Wildman–Crippen MR) is 130 cm³/mol. The molecule has 5 nitrogen and oxygen atoms in total. The minimum atomic E-state index is -4.78. The molecule has 2 N–H and O–H groups in total. The number of carboxylic acid groups (broad SMARTS) is 1.